The highest BCUT2D eigenvalue weighted by Gasteiger charge is 2.34. The largest absolute Gasteiger partial charge is 0.482 e. The summed E-state index contributed by atoms with van der Waals surface area (Å²) in [7, 11) is 0. The fourth-order valence-corrected chi connectivity index (χ4v) is 2.17. The van der Waals surface area contributed by atoms with Crippen LogP contribution < -0.4 is 9.64 Å². The number of nitro groups is 1. The molecule has 0 unspecified atom stereocenters. The third-order valence-corrected chi connectivity index (χ3v) is 3.44. The van der Waals surface area contributed by atoms with Crippen LogP contribution >= 0.6 is 0 Å². The van der Waals surface area contributed by atoms with E-state index in [0.29, 0.717) is 11.4 Å². The standard InChI is InChI=1S/C13H12N2O5/c16-11(8-1-2-8)6-14-10-5-9(15(18)19)3-4-12(10)20-7-13(14)17/h3-5,8H,1-2,6-7H2. The van der Waals surface area contributed by atoms with Crippen LogP contribution in [0.15, 0.2) is 18.2 Å². The van der Waals surface area contributed by atoms with Crippen LogP contribution in [0.25, 0.3) is 0 Å². The van der Waals surface area contributed by atoms with Crippen LogP contribution in [0.1, 0.15) is 12.8 Å². The molecule has 7 nitrogen and oxygen atoms in total. The van der Waals surface area contributed by atoms with Crippen molar-refractivity contribution >= 4 is 23.1 Å². The molecule has 1 aromatic carbocycles. The Bertz CT molecular complexity index is 609. The Balaban J connectivity index is 1.93. The second-order valence-electron chi connectivity index (χ2n) is 4.92. The fourth-order valence-electron chi connectivity index (χ4n) is 2.17. The molecule has 7 heteroatoms. The number of hydrogen-bond donors (Lipinski definition) is 0. The molecule has 0 spiro atoms. The van der Waals surface area contributed by atoms with Gasteiger partial charge in [0.1, 0.15) is 5.75 Å². The van der Waals surface area contributed by atoms with E-state index in [1.54, 1.807) is 0 Å². The maximum Gasteiger partial charge on any atom is 0.271 e. The summed E-state index contributed by atoms with van der Waals surface area (Å²) in [5.74, 6) is 0.0660. The lowest BCUT2D eigenvalue weighted by molar-refractivity contribution is -0.384. The summed E-state index contributed by atoms with van der Waals surface area (Å²) < 4.78 is 5.23. The van der Waals surface area contributed by atoms with Gasteiger partial charge in [-0.1, -0.05) is 0 Å². The molecule has 1 saturated carbocycles. The van der Waals surface area contributed by atoms with E-state index in [2.05, 4.69) is 0 Å². The van der Waals surface area contributed by atoms with Crippen LogP contribution in [0.5, 0.6) is 5.75 Å². The van der Waals surface area contributed by atoms with Crippen LogP contribution in [-0.4, -0.2) is 29.8 Å². The minimum atomic E-state index is -0.541. The molecule has 0 saturated heterocycles. The summed E-state index contributed by atoms with van der Waals surface area (Å²) in [6.07, 6.45) is 1.72. The molecule has 2 aliphatic rings. The number of hydrogen-bond acceptors (Lipinski definition) is 5. The molecule has 1 heterocycles. The number of ketones is 1. The van der Waals surface area contributed by atoms with Crippen molar-refractivity contribution in [2.24, 2.45) is 5.92 Å². The van der Waals surface area contributed by atoms with Gasteiger partial charge in [0.25, 0.3) is 11.6 Å². The molecule has 1 aliphatic heterocycles. The van der Waals surface area contributed by atoms with Gasteiger partial charge in [0.2, 0.25) is 0 Å². The first-order valence-corrected chi connectivity index (χ1v) is 6.30. The van der Waals surface area contributed by atoms with Crippen molar-refractivity contribution in [1.82, 2.24) is 0 Å². The van der Waals surface area contributed by atoms with E-state index < -0.39 is 4.92 Å². The Kier molecular flexibility index (Phi) is 2.89. The molecule has 1 aliphatic carbocycles. The maximum atomic E-state index is 11.9. The number of nitro benzene ring substituents is 1. The van der Waals surface area contributed by atoms with E-state index in [-0.39, 0.29) is 36.4 Å². The molecule has 1 aromatic rings. The molecular formula is C13H12N2O5. The van der Waals surface area contributed by atoms with E-state index >= 15 is 0 Å². The summed E-state index contributed by atoms with van der Waals surface area (Å²) in [4.78, 5) is 35.3. The molecular weight excluding hydrogens is 264 g/mol. The predicted octanol–water partition coefficient (Wildman–Crippen LogP) is 1.30. The SMILES string of the molecule is O=C(CN1C(=O)COc2ccc([N+](=O)[O-])cc21)C1CC1. The third-order valence-electron chi connectivity index (χ3n) is 3.44. The molecule has 104 valence electrons. The van der Waals surface area contributed by atoms with E-state index in [1.807, 2.05) is 0 Å². The monoisotopic (exact) mass is 276 g/mol. The Labute approximate surface area is 114 Å². The second kappa shape index (κ2) is 4.59. The molecule has 0 bridgehead atoms. The number of carbonyl (C=O) groups is 2. The van der Waals surface area contributed by atoms with Gasteiger partial charge in [0, 0.05) is 18.1 Å². The number of non-ortho nitro benzene ring substituents is 1. The van der Waals surface area contributed by atoms with Gasteiger partial charge in [0.05, 0.1) is 17.2 Å². The zero-order valence-corrected chi connectivity index (χ0v) is 10.6. The third kappa shape index (κ3) is 2.22. The number of Topliss-reactive ketones (excluding diaryl/α,β-unsaturated/α-hetero) is 1. The zero-order valence-electron chi connectivity index (χ0n) is 10.6. The Hall–Kier alpha value is -2.44. The summed E-state index contributed by atoms with van der Waals surface area (Å²) in [6, 6.07) is 4.04. The highest BCUT2D eigenvalue weighted by molar-refractivity contribution is 6.03. The Morgan fingerprint density at radius 2 is 2.20 bits per heavy atom. The van der Waals surface area contributed by atoms with Gasteiger partial charge in [-0.2, -0.15) is 0 Å². The maximum absolute atomic E-state index is 11.9. The first-order valence-electron chi connectivity index (χ1n) is 6.30. The van der Waals surface area contributed by atoms with E-state index in [9.17, 15) is 19.7 Å². The molecule has 1 amide bonds. The number of benzene rings is 1. The zero-order chi connectivity index (χ0) is 14.3. The summed E-state index contributed by atoms with van der Waals surface area (Å²) in [6.45, 7) is -0.191. The average Bonchev–Trinajstić information content (AvgIpc) is 3.25. The minimum absolute atomic E-state index is 0.00212. The molecule has 0 N–H and O–H groups in total. The van der Waals surface area contributed by atoms with Gasteiger partial charge in [-0.15, -0.1) is 0 Å². The highest BCUT2D eigenvalue weighted by Crippen LogP contribution is 2.36. The number of ether oxygens (including phenoxy) is 1. The van der Waals surface area contributed by atoms with Crippen LogP contribution in [-0.2, 0) is 9.59 Å². The Morgan fingerprint density at radius 3 is 2.85 bits per heavy atom. The number of carbonyl (C=O) groups excluding carboxylic acids is 2. The normalized spacial score (nSPS) is 17.4. The number of fused-ring (bicyclic) bond motifs is 1. The van der Waals surface area contributed by atoms with Gasteiger partial charge in [0.15, 0.2) is 12.4 Å². The minimum Gasteiger partial charge on any atom is -0.482 e. The smallest absolute Gasteiger partial charge is 0.271 e. The lowest BCUT2D eigenvalue weighted by atomic mass is 10.1. The summed E-state index contributed by atoms with van der Waals surface area (Å²) >= 11 is 0. The fraction of sp³-hybridized carbons (Fsp3) is 0.385. The second-order valence-corrected chi connectivity index (χ2v) is 4.92. The lowest BCUT2D eigenvalue weighted by Crippen LogP contribution is -2.42. The average molecular weight is 276 g/mol. The molecule has 20 heavy (non-hydrogen) atoms. The number of nitrogens with zero attached hydrogens (tertiary/aromatic N) is 2. The molecule has 0 radical (unpaired) electrons. The van der Waals surface area contributed by atoms with E-state index in [0.717, 1.165) is 12.8 Å². The van der Waals surface area contributed by atoms with Gasteiger partial charge < -0.3 is 4.74 Å². The van der Waals surface area contributed by atoms with Crippen LogP contribution in [0.3, 0.4) is 0 Å². The van der Waals surface area contributed by atoms with Crippen molar-refractivity contribution in [2.75, 3.05) is 18.1 Å². The van der Waals surface area contributed by atoms with Gasteiger partial charge in [-0.05, 0) is 18.9 Å². The molecule has 1 fully saturated rings. The van der Waals surface area contributed by atoms with Crippen molar-refractivity contribution < 1.29 is 19.2 Å². The first kappa shape index (κ1) is 12.6. The summed E-state index contributed by atoms with van der Waals surface area (Å²) in [5, 5.41) is 10.8. The van der Waals surface area contributed by atoms with Crippen LogP contribution in [0, 0.1) is 16.0 Å². The topological polar surface area (TPSA) is 89.8 Å². The number of anilines is 1. The van der Waals surface area contributed by atoms with Crippen LogP contribution in [0.2, 0.25) is 0 Å². The molecule has 3 rings (SSSR count). The number of rotatable bonds is 4. The van der Waals surface area contributed by atoms with Crippen LogP contribution in [0.4, 0.5) is 11.4 Å². The molecule has 0 atom stereocenters. The van der Waals surface area contributed by atoms with Crippen molar-refractivity contribution in [3.05, 3.63) is 28.3 Å². The van der Waals surface area contributed by atoms with Crippen molar-refractivity contribution in [2.45, 2.75) is 12.8 Å². The van der Waals surface area contributed by atoms with Crippen molar-refractivity contribution in [3.63, 3.8) is 0 Å². The number of amides is 1. The predicted molar refractivity (Wildman–Crippen MR) is 68.7 cm³/mol. The first-order chi connectivity index (χ1) is 9.56. The highest BCUT2D eigenvalue weighted by atomic mass is 16.6. The lowest BCUT2D eigenvalue weighted by Gasteiger charge is -2.28. The summed E-state index contributed by atoms with van der Waals surface area (Å²) in [5.41, 5.74) is 0.162. The quantitative estimate of drug-likeness (QED) is 0.610. The van der Waals surface area contributed by atoms with Gasteiger partial charge >= 0.3 is 0 Å². The molecule has 0 aromatic heterocycles. The van der Waals surface area contributed by atoms with E-state index in [1.165, 1.54) is 23.1 Å². The van der Waals surface area contributed by atoms with Crippen molar-refractivity contribution in [3.8, 4) is 5.75 Å². The van der Waals surface area contributed by atoms with Gasteiger partial charge in [-0.25, -0.2) is 0 Å². The van der Waals surface area contributed by atoms with Gasteiger partial charge in [-0.3, -0.25) is 24.6 Å². The Morgan fingerprint density at radius 1 is 1.45 bits per heavy atom. The van der Waals surface area contributed by atoms with E-state index in [4.69, 9.17) is 4.74 Å². The van der Waals surface area contributed by atoms with Crippen molar-refractivity contribution in [1.29, 1.82) is 0 Å².